The summed E-state index contributed by atoms with van der Waals surface area (Å²) in [6, 6.07) is 14.9. The van der Waals surface area contributed by atoms with Crippen LogP contribution in [0.1, 0.15) is 59.8 Å². The topological polar surface area (TPSA) is 112 Å². The van der Waals surface area contributed by atoms with Crippen molar-refractivity contribution in [1.29, 1.82) is 0 Å². The van der Waals surface area contributed by atoms with E-state index in [1.54, 1.807) is 75.5 Å². The van der Waals surface area contributed by atoms with Crippen LogP contribution in [0.2, 0.25) is 0 Å². The molecule has 1 aliphatic heterocycles. The molecule has 0 bridgehead atoms. The predicted octanol–water partition coefficient (Wildman–Crippen LogP) is 4.76. The summed E-state index contributed by atoms with van der Waals surface area (Å²) in [6.45, 7) is 5.20. The maximum atomic E-state index is 14.2. The number of benzene rings is 2. The summed E-state index contributed by atoms with van der Waals surface area (Å²) in [5, 5.41) is -1.04. The molecule has 1 amide bonds. The average Bonchev–Trinajstić information content (AvgIpc) is 2.78. The summed E-state index contributed by atoms with van der Waals surface area (Å²) in [5.74, 6) is -1.19. The Labute approximate surface area is 203 Å². The quantitative estimate of drug-likeness (QED) is 0.530. The van der Waals surface area contributed by atoms with Gasteiger partial charge in [-0.25, -0.2) is 12.8 Å². The van der Waals surface area contributed by atoms with Crippen molar-refractivity contribution >= 4 is 21.8 Å². The number of rotatable bonds is 6. The molecular weight excluding hydrogens is 469 g/mol. The fourth-order valence-corrected chi connectivity index (χ4v) is 6.18. The lowest BCUT2D eigenvalue weighted by Gasteiger charge is -2.37. The van der Waals surface area contributed by atoms with E-state index in [-0.39, 0.29) is 29.6 Å². The molecule has 35 heavy (non-hydrogen) atoms. The smallest absolute Gasteiger partial charge is 0.267 e. The Morgan fingerprint density at radius 3 is 2.43 bits per heavy atom. The summed E-state index contributed by atoms with van der Waals surface area (Å²) in [4.78, 5) is 15.5. The number of halogens is 1. The first-order valence-electron chi connectivity index (χ1n) is 11.1. The van der Waals surface area contributed by atoms with Gasteiger partial charge >= 0.3 is 0 Å². The number of primary amides is 1. The van der Waals surface area contributed by atoms with E-state index in [4.69, 9.17) is 10.5 Å². The minimum Gasteiger partial charge on any atom is -0.472 e. The molecule has 3 aromatic rings. The first kappa shape index (κ1) is 24.5. The predicted molar refractivity (Wildman–Crippen MR) is 132 cm³/mol. The fraction of sp³-hybridized carbons (Fsp3) is 0.269. The Balaban J connectivity index is 1.61. The van der Waals surface area contributed by atoms with E-state index in [1.165, 1.54) is 12.3 Å². The fourth-order valence-electron chi connectivity index (χ4n) is 4.41. The Morgan fingerprint density at radius 2 is 1.80 bits per heavy atom. The van der Waals surface area contributed by atoms with Crippen molar-refractivity contribution in [2.45, 2.75) is 44.0 Å². The van der Waals surface area contributed by atoms with Gasteiger partial charge in [0, 0.05) is 24.4 Å². The van der Waals surface area contributed by atoms with E-state index < -0.39 is 26.8 Å². The van der Waals surface area contributed by atoms with Crippen LogP contribution in [0, 0.1) is 5.82 Å². The number of aromatic nitrogens is 1. The molecule has 0 radical (unpaired) electrons. The second-order valence-corrected chi connectivity index (χ2v) is 10.8. The standard InChI is InChI=1S/C26H26FN3O4S/c1-16(21-6-4-5-7-22(21)27)12-23-30-35(32,33)24(26(2,3)34-23)18-10-8-17(9-11-18)19-13-20(25(28)31)15-29-14-19/h4-11,13-16,24H,12H2,1-3H3,(H2,28,31)/t16-,24?/m1/s1. The van der Waals surface area contributed by atoms with Crippen LogP contribution in [0.15, 0.2) is 71.4 Å². The lowest BCUT2D eigenvalue weighted by molar-refractivity contribution is 0.0803. The number of hydrogen-bond acceptors (Lipinski definition) is 5. The van der Waals surface area contributed by atoms with Crippen LogP contribution in [0.25, 0.3) is 11.1 Å². The highest BCUT2D eigenvalue weighted by Gasteiger charge is 2.47. The number of amides is 1. The average molecular weight is 496 g/mol. The van der Waals surface area contributed by atoms with Crippen molar-refractivity contribution in [3.8, 4) is 11.1 Å². The van der Waals surface area contributed by atoms with E-state index in [0.29, 0.717) is 16.7 Å². The Bertz CT molecular complexity index is 1400. The van der Waals surface area contributed by atoms with Crippen molar-refractivity contribution < 1.29 is 22.3 Å². The number of nitrogens with two attached hydrogens (primary N) is 1. The molecule has 7 nitrogen and oxygen atoms in total. The summed E-state index contributed by atoms with van der Waals surface area (Å²) < 4.78 is 50.7. The van der Waals surface area contributed by atoms with Crippen LogP contribution in [0.4, 0.5) is 4.39 Å². The number of ether oxygens (including phenoxy) is 1. The Kier molecular flexibility index (Phi) is 6.46. The number of sulfonamides is 1. The molecule has 0 saturated carbocycles. The van der Waals surface area contributed by atoms with Gasteiger partial charge < -0.3 is 10.5 Å². The maximum Gasteiger partial charge on any atom is 0.267 e. The van der Waals surface area contributed by atoms with Gasteiger partial charge in [0.15, 0.2) is 0 Å². The van der Waals surface area contributed by atoms with Crippen molar-refractivity contribution in [1.82, 2.24) is 4.98 Å². The minimum atomic E-state index is -3.97. The number of carbonyl (C=O) groups is 1. The molecule has 1 aromatic heterocycles. The van der Waals surface area contributed by atoms with E-state index >= 15 is 0 Å². The molecule has 1 aliphatic rings. The van der Waals surface area contributed by atoms with Crippen molar-refractivity contribution in [2.24, 2.45) is 10.1 Å². The zero-order valence-corrected chi connectivity index (χ0v) is 20.4. The summed E-state index contributed by atoms with van der Waals surface area (Å²) >= 11 is 0. The number of pyridine rings is 1. The lowest BCUT2D eigenvalue weighted by Crippen LogP contribution is -2.43. The van der Waals surface area contributed by atoms with Gasteiger partial charge in [0.1, 0.15) is 16.7 Å². The number of carbonyl (C=O) groups excluding carboxylic acids is 1. The normalized spacial score (nSPS) is 19.3. The van der Waals surface area contributed by atoms with Crippen LogP contribution in [0.5, 0.6) is 0 Å². The first-order valence-corrected chi connectivity index (χ1v) is 12.6. The number of nitrogens with zero attached hydrogens (tertiary/aromatic N) is 2. The highest BCUT2D eigenvalue weighted by atomic mass is 32.2. The zero-order chi connectivity index (χ0) is 25.4. The van der Waals surface area contributed by atoms with Gasteiger partial charge in [-0.2, -0.15) is 0 Å². The van der Waals surface area contributed by atoms with E-state index in [0.717, 1.165) is 5.56 Å². The van der Waals surface area contributed by atoms with Crippen LogP contribution in [-0.4, -0.2) is 30.8 Å². The molecule has 4 rings (SSSR count). The van der Waals surface area contributed by atoms with E-state index in [1.807, 2.05) is 0 Å². The molecule has 182 valence electrons. The van der Waals surface area contributed by atoms with Gasteiger partial charge in [-0.05, 0) is 48.6 Å². The molecule has 0 spiro atoms. The maximum absolute atomic E-state index is 14.2. The first-order chi connectivity index (χ1) is 16.5. The molecule has 2 atom stereocenters. The third-order valence-electron chi connectivity index (χ3n) is 6.03. The number of hydrogen-bond donors (Lipinski definition) is 1. The molecule has 2 heterocycles. The Morgan fingerprint density at radius 1 is 1.11 bits per heavy atom. The third-order valence-corrected chi connectivity index (χ3v) is 7.92. The van der Waals surface area contributed by atoms with Gasteiger partial charge in [0.05, 0.1) is 5.56 Å². The summed E-state index contributed by atoms with van der Waals surface area (Å²) in [7, 11) is -3.97. The van der Waals surface area contributed by atoms with E-state index in [2.05, 4.69) is 9.38 Å². The van der Waals surface area contributed by atoms with Gasteiger partial charge in [0.2, 0.25) is 11.8 Å². The third kappa shape index (κ3) is 5.09. The highest BCUT2D eigenvalue weighted by Crippen LogP contribution is 2.42. The van der Waals surface area contributed by atoms with Gasteiger partial charge in [-0.1, -0.05) is 49.4 Å². The molecular formula is C26H26FN3O4S. The van der Waals surface area contributed by atoms with Crippen molar-refractivity contribution in [3.63, 3.8) is 0 Å². The Hall–Kier alpha value is -3.59. The summed E-state index contributed by atoms with van der Waals surface area (Å²) in [6.07, 6.45) is 3.13. The summed E-state index contributed by atoms with van der Waals surface area (Å²) in [5.41, 5.74) is 6.92. The monoisotopic (exact) mass is 495 g/mol. The SMILES string of the molecule is C[C@H](CC1=NS(=O)(=O)C(c2ccc(-c3cncc(C(N)=O)c3)cc2)C(C)(C)O1)c1ccccc1F. The molecule has 2 N–H and O–H groups in total. The van der Waals surface area contributed by atoms with Crippen LogP contribution in [-0.2, 0) is 14.8 Å². The van der Waals surface area contributed by atoms with Crippen molar-refractivity contribution in [3.05, 3.63) is 89.5 Å². The van der Waals surface area contributed by atoms with E-state index in [9.17, 15) is 17.6 Å². The van der Waals surface area contributed by atoms with Gasteiger partial charge in [-0.3, -0.25) is 9.78 Å². The van der Waals surface area contributed by atoms with Gasteiger partial charge in [0.25, 0.3) is 10.0 Å². The molecule has 0 fully saturated rings. The zero-order valence-electron chi connectivity index (χ0n) is 19.6. The minimum absolute atomic E-state index is 0.0629. The largest absolute Gasteiger partial charge is 0.472 e. The molecule has 1 unspecified atom stereocenters. The second-order valence-electron chi connectivity index (χ2n) is 9.16. The van der Waals surface area contributed by atoms with Crippen LogP contribution < -0.4 is 5.73 Å². The second kappa shape index (κ2) is 9.22. The van der Waals surface area contributed by atoms with Crippen LogP contribution >= 0.6 is 0 Å². The highest BCUT2D eigenvalue weighted by molar-refractivity contribution is 7.90. The lowest BCUT2D eigenvalue weighted by atomic mass is 9.94. The molecule has 2 aromatic carbocycles. The molecule has 9 heteroatoms. The van der Waals surface area contributed by atoms with Crippen LogP contribution in [0.3, 0.4) is 0 Å². The molecule has 0 saturated heterocycles. The molecule has 0 aliphatic carbocycles. The van der Waals surface area contributed by atoms with Crippen molar-refractivity contribution in [2.75, 3.05) is 0 Å². The van der Waals surface area contributed by atoms with Gasteiger partial charge in [-0.15, -0.1) is 4.40 Å².